The Morgan fingerprint density at radius 1 is 1.03 bits per heavy atom. The maximum absolute atomic E-state index is 12.5. The van der Waals surface area contributed by atoms with Crippen molar-refractivity contribution < 1.29 is 19.2 Å². The Bertz CT molecular complexity index is 884. The number of carbonyl (C=O) groups is 2. The lowest BCUT2D eigenvalue weighted by Crippen LogP contribution is -3.15. The van der Waals surface area contributed by atoms with Crippen LogP contribution in [0.15, 0.2) is 42.5 Å². The molecular weight excluding hydrogens is 390 g/mol. The minimum atomic E-state index is 0.0282. The number of nitrogens with one attached hydrogen (secondary N) is 2. The standard InChI is InChI=1S/C25H33N3O3/c1-19-7-4-10-22(17-19)31-16-6-11-24(30)28-14-12-27(13-15-28)18-23(29)26-25-20(2)8-5-9-21(25)3/h4-5,7-10,17H,6,11-16,18H2,1-3H3,(H,26,29)/p+1. The third kappa shape index (κ3) is 6.82. The highest BCUT2D eigenvalue weighted by molar-refractivity contribution is 5.93. The summed E-state index contributed by atoms with van der Waals surface area (Å²) < 4.78 is 5.73. The Labute approximate surface area is 185 Å². The Hall–Kier alpha value is -2.86. The van der Waals surface area contributed by atoms with Crippen LogP contribution in [0.2, 0.25) is 0 Å². The van der Waals surface area contributed by atoms with Crippen LogP contribution in [0.25, 0.3) is 0 Å². The van der Waals surface area contributed by atoms with Crippen molar-refractivity contribution in [1.82, 2.24) is 4.90 Å². The number of carbonyl (C=O) groups excluding carboxylic acids is 2. The first-order valence-electron chi connectivity index (χ1n) is 11.1. The first kappa shape index (κ1) is 22.8. The zero-order valence-corrected chi connectivity index (χ0v) is 18.9. The normalized spacial score (nSPS) is 14.4. The number of aryl methyl sites for hydroxylation is 3. The summed E-state index contributed by atoms with van der Waals surface area (Å²) in [4.78, 5) is 28.1. The second-order valence-electron chi connectivity index (χ2n) is 8.39. The predicted molar refractivity (Wildman–Crippen MR) is 123 cm³/mol. The number of piperazine rings is 1. The molecule has 2 N–H and O–H groups in total. The molecule has 2 aromatic rings. The third-order valence-corrected chi connectivity index (χ3v) is 5.77. The second kappa shape index (κ2) is 11.0. The molecule has 1 fully saturated rings. The van der Waals surface area contributed by atoms with E-state index in [0.717, 1.165) is 41.2 Å². The van der Waals surface area contributed by atoms with Crippen LogP contribution >= 0.6 is 0 Å². The van der Waals surface area contributed by atoms with Crippen LogP contribution in [-0.4, -0.2) is 56.0 Å². The average molecular weight is 425 g/mol. The van der Waals surface area contributed by atoms with E-state index >= 15 is 0 Å². The van der Waals surface area contributed by atoms with E-state index in [4.69, 9.17) is 4.74 Å². The number of hydrogen-bond donors (Lipinski definition) is 2. The summed E-state index contributed by atoms with van der Waals surface area (Å²) in [5.74, 6) is 1.05. The van der Waals surface area contributed by atoms with Gasteiger partial charge in [0, 0.05) is 12.1 Å². The average Bonchev–Trinajstić information content (AvgIpc) is 2.74. The molecule has 2 amide bonds. The molecule has 0 atom stereocenters. The van der Waals surface area contributed by atoms with Crippen molar-refractivity contribution in [2.24, 2.45) is 0 Å². The fraction of sp³-hybridized carbons (Fsp3) is 0.440. The Morgan fingerprint density at radius 3 is 2.39 bits per heavy atom. The minimum absolute atomic E-state index is 0.0282. The molecule has 6 nitrogen and oxygen atoms in total. The van der Waals surface area contributed by atoms with Crippen LogP contribution in [0.3, 0.4) is 0 Å². The number of rotatable bonds is 8. The van der Waals surface area contributed by atoms with Crippen LogP contribution in [0, 0.1) is 20.8 Å². The van der Waals surface area contributed by atoms with Gasteiger partial charge in [0.15, 0.2) is 6.54 Å². The molecule has 1 heterocycles. The Balaban J connectivity index is 1.35. The molecule has 0 aromatic heterocycles. The lowest BCUT2D eigenvalue weighted by Gasteiger charge is -2.32. The Morgan fingerprint density at radius 2 is 1.71 bits per heavy atom. The zero-order chi connectivity index (χ0) is 22.2. The van der Waals surface area contributed by atoms with Crippen molar-refractivity contribution in [2.45, 2.75) is 33.6 Å². The number of anilines is 1. The van der Waals surface area contributed by atoms with Crippen molar-refractivity contribution >= 4 is 17.5 Å². The van der Waals surface area contributed by atoms with Crippen molar-refractivity contribution in [3.8, 4) is 5.75 Å². The number of hydrogen-bond acceptors (Lipinski definition) is 3. The van der Waals surface area contributed by atoms with Crippen LogP contribution in [0.1, 0.15) is 29.5 Å². The van der Waals surface area contributed by atoms with E-state index in [1.54, 1.807) is 0 Å². The molecule has 1 saturated heterocycles. The van der Waals surface area contributed by atoms with Gasteiger partial charge in [-0.25, -0.2) is 0 Å². The van der Waals surface area contributed by atoms with Gasteiger partial charge < -0.3 is 19.9 Å². The molecule has 166 valence electrons. The number of nitrogens with zero attached hydrogens (tertiary/aromatic N) is 1. The van der Waals surface area contributed by atoms with Gasteiger partial charge in [0.2, 0.25) is 5.91 Å². The fourth-order valence-electron chi connectivity index (χ4n) is 3.95. The number of para-hydroxylation sites is 1. The van der Waals surface area contributed by atoms with Crippen LogP contribution in [-0.2, 0) is 9.59 Å². The Kier molecular flexibility index (Phi) is 8.06. The van der Waals surface area contributed by atoms with E-state index < -0.39 is 0 Å². The van der Waals surface area contributed by atoms with E-state index in [0.29, 0.717) is 39.1 Å². The van der Waals surface area contributed by atoms with Crippen molar-refractivity contribution in [2.75, 3.05) is 44.6 Å². The number of benzene rings is 2. The SMILES string of the molecule is Cc1cccc(OCCCC(=O)N2CC[NH+](CC(=O)Nc3c(C)cccc3C)CC2)c1. The molecule has 2 aromatic carbocycles. The summed E-state index contributed by atoms with van der Waals surface area (Å²) in [6.07, 6.45) is 1.20. The fourth-order valence-corrected chi connectivity index (χ4v) is 3.95. The van der Waals surface area contributed by atoms with Crippen molar-refractivity contribution in [3.05, 3.63) is 59.2 Å². The molecule has 1 aliphatic rings. The zero-order valence-electron chi connectivity index (χ0n) is 18.9. The molecule has 0 unspecified atom stereocenters. The number of ether oxygens (including phenoxy) is 1. The summed E-state index contributed by atoms with van der Waals surface area (Å²) in [6, 6.07) is 14.0. The van der Waals surface area contributed by atoms with E-state index in [1.165, 1.54) is 4.90 Å². The van der Waals surface area contributed by atoms with E-state index in [-0.39, 0.29) is 11.8 Å². The quantitative estimate of drug-likeness (QED) is 0.639. The van der Waals surface area contributed by atoms with Crippen LogP contribution < -0.4 is 15.0 Å². The molecule has 6 heteroatoms. The maximum Gasteiger partial charge on any atom is 0.279 e. The smallest absolute Gasteiger partial charge is 0.279 e. The van der Waals surface area contributed by atoms with Crippen LogP contribution in [0.5, 0.6) is 5.75 Å². The third-order valence-electron chi connectivity index (χ3n) is 5.77. The van der Waals surface area contributed by atoms with Crippen LogP contribution in [0.4, 0.5) is 5.69 Å². The number of amides is 2. The summed E-state index contributed by atoms with van der Waals surface area (Å²) in [5.41, 5.74) is 4.22. The van der Waals surface area contributed by atoms with E-state index in [9.17, 15) is 9.59 Å². The summed E-state index contributed by atoms with van der Waals surface area (Å²) in [5, 5.41) is 3.06. The first-order chi connectivity index (χ1) is 14.9. The molecule has 0 radical (unpaired) electrons. The van der Waals surface area contributed by atoms with Gasteiger partial charge in [-0.2, -0.15) is 0 Å². The van der Waals surface area contributed by atoms with Gasteiger partial charge in [0.05, 0.1) is 32.8 Å². The summed E-state index contributed by atoms with van der Waals surface area (Å²) in [7, 11) is 0. The minimum Gasteiger partial charge on any atom is -0.494 e. The van der Waals surface area contributed by atoms with Gasteiger partial charge in [-0.3, -0.25) is 9.59 Å². The maximum atomic E-state index is 12.5. The number of quaternary nitrogens is 1. The molecule has 0 aliphatic carbocycles. The lowest BCUT2D eigenvalue weighted by molar-refractivity contribution is -0.895. The molecule has 0 bridgehead atoms. The van der Waals surface area contributed by atoms with Gasteiger partial charge in [0.25, 0.3) is 5.91 Å². The second-order valence-corrected chi connectivity index (χ2v) is 8.39. The van der Waals surface area contributed by atoms with Gasteiger partial charge in [-0.05, 0) is 56.0 Å². The van der Waals surface area contributed by atoms with Gasteiger partial charge in [-0.1, -0.05) is 30.3 Å². The lowest BCUT2D eigenvalue weighted by atomic mass is 10.1. The van der Waals surface area contributed by atoms with E-state index in [1.807, 2.05) is 68.1 Å². The summed E-state index contributed by atoms with van der Waals surface area (Å²) >= 11 is 0. The van der Waals surface area contributed by atoms with Gasteiger partial charge >= 0.3 is 0 Å². The van der Waals surface area contributed by atoms with Gasteiger partial charge in [-0.15, -0.1) is 0 Å². The van der Waals surface area contributed by atoms with Gasteiger partial charge in [0.1, 0.15) is 5.75 Å². The molecule has 1 aliphatic heterocycles. The molecule has 31 heavy (non-hydrogen) atoms. The van der Waals surface area contributed by atoms with Crippen molar-refractivity contribution in [1.29, 1.82) is 0 Å². The monoisotopic (exact) mass is 424 g/mol. The summed E-state index contributed by atoms with van der Waals surface area (Å²) in [6.45, 7) is 10.0. The predicted octanol–water partition coefficient (Wildman–Crippen LogP) is 2.14. The molecular formula is C25H34N3O3+. The highest BCUT2D eigenvalue weighted by Crippen LogP contribution is 2.19. The highest BCUT2D eigenvalue weighted by Gasteiger charge is 2.25. The topological polar surface area (TPSA) is 63.1 Å². The molecule has 0 spiro atoms. The molecule has 0 saturated carbocycles. The first-order valence-corrected chi connectivity index (χ1v) is 11.1. The van der Waals surface area contributed by atoms with Crippen molar-refractivity contribution in [3.63, 3.8) is 0 Å². The van der Waals surface area contributed by atoms with E-state index in [2.05, 4.69) is 5.32 Å². The molecule has 3 rings (SSSR count). The highest BCUT2D eigenvalue weighted by atomic mass is 16.5. The largest absolute Gasteiger partial charge is 0.494 e.